The zero-order chi connectivity index (χ0) is 12.9. The highest BCUT2D eigenvalue weighted by Gasteiger charge is 2.17. The third-order valence-corrected chi connectivity index (χ3v) is 3.76. The lowest BCUT2D eigenvalue weighted by Crippen LogP contribution is -2.22. The quantitative estimate of drug-likeness (QED) is 0.618. The summed E-state index contributed by atoms with van der Waals surface area (Å²) in [5, 5.41) is 0.858. The molecule has 0 aromatic heterocycles. The molecule has 3 nitrogen and oxygen atoms in total. The van der Waals surface area contributed by atoms with Gasteiger partial charge in [-0.3, -0.25) is 0 Å². The molecule has 94 valence electrons. The van der Waals surface area contributed by atoms with E-state index in [1.165, 1.54) is 7.11 Å². The van der Waals surface area contributed by atoms with Gasteiger partial charge < -0.3 is 9.47 Å². The van der Waals surface area contributed by atoms with Crippen LogP contribution in [0, 0.1) is 5.41 Å². The summed E-state index contributed by atoms with van der Waals surface area (Å²) in [7, 11) is 1.36. The van der Waals surface area contributed by atoms with Crippen molar-refractivity contribution in [1.82, 2.24) is 0 Å². The monoisotopic (exact) mass is 300 g/mol. The van der Waals surface area contributed by atoms with Crippen LogP contribution >= 0.6 is 15.9 Å². The molecule has 1 aromatic rings. The molecule has 0 spiro atoms. The lowest BCUT2D eigenvalue weighted by atomic mass is 9.98. The molecule has 0 aliphatic rings. The van der Waals surface area contributed by atoms with Gasteiger partial charge in [0.2, 0.25) is 0 Å². The van der Waals surface area contributed by atoms with Crippen LogP contribution in [0.25, 0.3) is 0 Å². The van der Waals surface area contributed by atoms with Gasteiger partial charge >= 0.3 is 5.97 Å². The second-order valence-corrected chi connectivity index (χ2v) is 5.17. The number of halogens is 1. The first-order chi connectivity index (χ1) is 7.98. The number of hydrogen-bond acceptors (Lipinski definition) is 3. The van der Waals surface area contributed by atoms with Crippen LogP contribution in [0.3, 0.4) is 0 Å². The number of ether oxygens (including phenoxy) is 2. The molecule has 1 rings (SSSR count). The molecule has 0 fully saturated rings. The Morgan fingerprint density at radius 1 is 1.41 bits per heavy atom. The van der Waals surface area contributed by atoms with Crippen LogP contribution in [0.1, 0.15) is 24.2 Å². The molecule has 0 bridgehead atoms. The fourth-order valence-electron chi connectivity index (χ4n) is 1.15. The molecule has 0 aliphatic heterocycles. The third kappa shape index (κ3) is 4.38. The van der Waals surface area contributed by atoms with Crippen molar-refractivity contribution >= 4 is 21.9 Å². The van der Waals surface area contributed by atoms with E-state index in [1.54, 1.807) is 18.2 Å². The lowest BCUT2D eigenvalue weighted by Gasteiger charge is -2.21. The number of hydrogen-bond donors (Lipinski definition) is 0. The Morgan fingerprint density at radius 2 is 2.12 bits per heavy atom. The summed E-state index contributed by atoms with van der Waals surface area (Å²) in [5.74, 6) is 0.331. The number of rotatable bonds is 5. The molecule has 0 unspecified atom stereocenters. The van der Waals surface area contributed by atoms with Crippen molar-refractivity contribution in [2.45, 2.75) is 13.8 Å². The molecule has 17 heavy (non-hydrogen) atoms. The maximum Gasteiger partial charge on any atom is 0.337 e. The Bertz CT molecular complexity index is 388. The number of esters is 1. The zero-order valence-corrected chi connectivity index (χ0v) is 11.9. The fourth-order valence-corrected chi connectivity index (χ4v) is 1.31. The van der Waals surface area contributed by atoms with Crippen molar-refractivity contribution in [3.05, 3.63) is 29.8 Å². The first kappa shape index (κ1) is 14.0. The molecular formula is C13H17BrO3. The highest BCUT2D eigenvalue weighted by molar-refractivity contribution is 9.09. The van der Waals surface area contributed by atoms with E-state index in [1.807, 2.05) is 6.07 Å². The van der Waals surface area contributed by atoms with E-state index in [4.69, 9.17) is 4.74 Å². The topological polar surface area (TPSA) is 35.5 Å². The normalized spacial score (nSPS) is 11.1. The minimum atomic E-state index is -0.352. The van der Waals surface area contributed by atoms with Crippen LogP contribution in [0.2, 0.25) is 0 Å². The van der Waals surface area contributed by atoms with Crippen LogP contribution in [0.15, 0.2) is 24.3 Å². The highest BCUT2D eigenvalue weighted by atomic mass is 79.9. The molecular weight excluding hydrogens is 284 g/mol. The molecule has 0 atom stereocenters. The average Bonchev–Trinajstić information content (AvgIpc) is 2.36. The van der Waals surface area contributed by atoms with Crippen LogP contribution in [-0.4, -0.2) is 25.0 Å². The van der Waals surface area contributed by atoms with Gasteiger partial charge in [-0.25, -0.2) is 4.79 Å². The molecule has 0 heterocycles. The molecule has 0 aliphatic carbocycles. The molecule has 0 radical (unpaired) electrons. The molecule has 4 heteroatoms. The van der Waals surface area contributed by atoms with E-state index in [0.717, 1.165) is 5.33 Å². The molecule has 0 amide bonds. The van der Waals surface area contributed by atoms with Gasteiger partial charge in [0.1, 0.15) is 5.75 Å². The van der Waals surface area contributed by atoms with Crippen molar-refractivity contribution in [3.8, 4) is 5.75 Å². The summed E-state index contributed by atoms with van der Waals surface area (Å²) in [6.07, 6.45) is 0. The highest BCUT2D eigenvalue weighted by Crippen LogP contribution is 2.21. The predicted molar refractivity (Wildman–Crippen MR) is 70.9 cm³/mol. The molecule has 0 saturated heterocycles. The Labute approximate surface area is 110 Å². The average molecular weight is 301 g/mol. The second-order valence-electron chi connectivity index (χ2n) is 4.61. The second kappa shape index (κ2) is 6.05. The summed E-state index contributed by atoms with van der Waals surface area (Å²) in [4.78, 5) is 11.3. The summed E-state index contributed by atoms with van der Waals surface area (Å²) in [6.45, 7) is 4.79. The van der Waals surface area contributed by atoms with Gasteiger partial charge in [-0.2, -0.15) is 0 Å². The van der Waals surface area contributed by atoms with Crippen molar-refractivity contribution in [3.63, 3.8) is 0 Å². The van der Waals surface area contributed by atoms with E-state index < -0.39 is 0 Å². The van der Waals surface area contributed by atoms with Crippen LogP contribution in [0.4, 0.5) is 0 Å². The molecule has 1 aromatic carbocycles. The summed E-state index contributed by atoms with van der Waals surface area (Å²) in [5.41, 5.74) is 0.558. The summed E-state index contributed by atoms with van der Waals surface area (Å²) in [6, 6.07) is 7.00. The van der Waals surface area contributed by atoms with E-state index in [0.29, 0.717) is 17.9 Å². The Hall–Kier alpha value is -1.03. The van der Waals surface area contributed by atoms with Gasteiger partial charge in [0, 0.05) is 10.7 Å². The SMILES string of the molecule is COC(=O)c1cccc(OCC(C)(C)CBr)c1. The number of carbonyl (C=O) groups excluding carboxylic acids is 1. The van der Waals surface area contributed by atoms with E-state index >= 15 is 0 Å². The van der Waals surface area contributed by atoms with Crippen molar-refractivity contribution in [1.29, 1.82) is 0 Å². The number of alkyl halides is 1. The predicted octanol–water partition coefficient (Wildman–Crippen LogP) is 3.27. The van der Waals surface area contributed by atoms with Crippen molar-refractivity contribution in [2.24, 2.45) is 5.41 Å². The smallest absolute Gasteiger partial charge is 0.337 e. The Kier molecular flexibility index (Phi) is 5.00. The first-order valence-corrected chi connectivity index (χ1v) is 6.48. The van der Waals surface area contributed by atoms with E-state index in [9.17, 15) is 4.79 Å². The summed E-state index contributed by atoms with van der Waals surface area (Å²) < 4.78 is 10.3. The minimum Gasteiger partial charge on any atom is -0.493 e. The summed E-state index contributed by atoms with van der Waals surface area (Å²) >= 11 is 3.44. The van der Waals surface area contributed by atoms with Gasteiger partial charge in [-0.15, -0.1) is 0 Å². The van der Waals surface area contributed by atoms with Crippen LogP contribution in [0.5, 0.6) is 5.75 Å². The zero-order valence-electron chi connectivity index (χ0n) is 10.3. The van der Waals surface area contributed by atoms with Crippen LogP contribution in [-0.2, 0) is 4.74 Å². The van der Waals surface area contributed by atoms with Gasteiger partial charge in [0.25, 0.3) is 0 Å². The van der Waals surface area contributed by atoms with Crippen molar-refractivity contribution < 1.29 is 14.3 Å². The molecule has 0 N–H and O–H groups in total. The van der Waals surface area contributed by atoms with Crippen molar-refractivity contribution in [2.75, 3.05) is 19.0 Å². The third-order valence-electron chi connectivity index (χ3n) is 2.25. The van der Waals surface area contributed by atoms with Crippen LogP contribution < -0.4 is 4.74 Å². The van der Waals surface area contributed by atoms with Gasteiger partial charge in [0.05, 0.1) is 19.3 Å². The lowest BCUT2D eigenvalue weighted by molar-refractivity contribution is 0.0600. The number of methoxy groups -OCH3 is 1. The Balaban J connectivity index is 2.70. The maximum absolute atomic E-state index is 11.3. The maximum atomic E-state index is 11.3. The van der Waals surface area contributed by atoms with Gasteiger partial charge in [-0.1, -0.05) is 35.8 Å². The molecule has 0 saturated carbocycles. The Morgan fingerprint density at radius 3 is 2.71 bits per heavy atom. The van der Waals surface area contributed by atoms with Gasteiger partial charge in [0.15, 0.2) is 0 Å². The van der Waals surface area contributed by atoms with E-state index in [-0.39, 0.29) is 11.4 Å². The largest absolute Gasteiger partial charge is 0.493 e. The standard InChI is InChI=1S/C13H17BrO3/c1-13(2,8-14)9-17-11-6-4-5-10(7-11)12(15)16-3/h4-7H,8-9H2,1-3H3. The number of carbonyl (C=O) groups is 1. The fraction of sp³-hybridized carbons (Fsp3) is 0.462. The van der Waals surface area contributed by atoms with E-state index in [2.05, 4.69) is 34.5 Å². The minimum absolute atomic E-state index is 0.0568. The number of benzene rings is 1. The van der Waals surface area contributed by atoms with Gasteiger partial charge in [-0.05, 0) is 18.2 Å². The first-order valence-electron chi connectivity index (χ1n) is 5.36.